The molecule has 0 atom stereocenters. The average molecular weight is 348 g/mol. The second-order valence-electron chi connectivity index (χ2n) is 4.86. The summed E-state index contributed by atoms with van der Waals surface area (Å²) >= 11 is 0. The highest BCUT2D eigenvalue weighted by Gasteiger charge is 2.19. The van der Waals surface area contributed by atoms with E-state index in [0.717, 1.165) is 12.1 Å². The molecule has 2 N–H and O–H groups in total. The van der Waals surface area contributed by atoms with Crippen LogP contribution in [0.25, 0.3) is 11.3 Å². The van der Waals surface area contributed by atoms with Crippen LogP contribution >= 0.6 is 0 Å². The van der Waals surface area contributed by atoms with Crippen LogP contribution < -0.4 is 10.1 Å². The SMILES string of the molecule is O=C(Nc1ccc(OC(F)F)c(F)c1)c1n[nH]nc1-c1ccccc1. The van der Waals surface area contributed by atoms with Crippen LogP contribution in [0.4, 0.5) is 18.9 Å². The number of carbonyl (C=O) groups is 1. The van der Waals surface area contributed by atoms with Gasteiger partial charge >= 0.3 is 6.61 Å². The smallest absolute Gasteiger partial charge is 0.387 e. The van der Waals surface area contributed by atoms with Crippen molar-refractivity contribution in [1.82, 2.24) is 15.4 Å². The third kappa shape index (κ3) is 3.77. The number of amides is 1. The van der Waals surface area contributed by atoms with Gasteiger partial charge in [0.25, 0.3) is 5.91 Å². The third-order valence-corrected chi connectivity index (χ3v) is 3.22. The van der Waals surface area contributed by atoms with Gasteiger partial charge in [0, 0.05) is 17.3 Å². The maximum atomic E-state index is 13.7. The Morgan fingerprint density at radius 3 is 2.56 bits per heavy atom. The summed E-state index contributed by atoms with van der Waals surface area (Å²) in [6, 6.07) is 12.0. The van der Waals surface area contributed by atoms with Crippen molar-refractivity contribution >= 4 is 11.6 Å². The number of halogens is 3. The topological polar surface area (TPSA) is 79.9 Å². The van der Waals surface area contributed by atoms with E-state index in [1.165, 1.54) is 6.07 Å². The lowest BCUT2D eigenvalue weighted by atomic mass is 10.1. The lowest BCUT2D eigenvalue weighted by molar-refractivity contribution is -0.0521. The van der Waals surface area contributed by atoms with E-state index in [9.17, 15) is 18.0 Å². The molecular weight excluding hydrogens is 337 g/mol. The zero-order valence-corrected chi connectivity index (χ0v) is 12.5. The first-order valence-electron chi connectivity index (χ1n) is 7.06. The molecule has 1 amide bonds. The molecule has 3 aromatic rings. The highest BCUT2D eigenvalue weighted by molar-refractivity contribution is 6.06. The quantitative estimate of drug-likeness (QED) is 0.740. The van der Waals surface area contributed by atoms with E-state index in [1.54, 1.807) is 24.3 Å². The van der Waals surface area contributed by atoms with Crippen LogP contribution in [0.1, 0.15) is 10.5 Å². The van der Waals surface area contributed by atoms with Gasteiger partial charge in [0.15, 0.2) is 17.3 Å². The summed E-state index contributed by atoms with van der Waals surface area (Å²) in [7, 11) is 0. The molecule has 0 spiro atoms. The number of rotatable bonds is 5. The number of nitrogens with one attached hydrogen (secondary N) is 2. The first-order chi connectivity index (χ1) is 12.0. The molecule has 0 radical (unpaired) electrons. The third-order valence-electron chi connectivity index (χ3n) is 3.22. The molecule has 0 saturated heterocycles. The van der Waals surface area contributed by atoms with Crippen molar-refractivity contribution in [3.8, 4) is 17.0 Å². The minimum absolute atomic E-state index is 0.0134. The van der Waals surface area contributed by atoms with E-state index >= 15 is 0 Å². The Hall–Kier alpha value is -3.36. The number of hydrogen-bond donors (Lipinski definition) is 2. The van der Waals surface area contributed by atoms with E-state index in [2.05, 4.69) is 25.5 Å². The fraction of sp³-hybridized carbons (Fsp3) is 0.0625. The molecule has 25 heavy (non-hydrogen) atoms. The average Bonchev–Trinajstić information content (AvgIpc) is 3.08. The first-order valence-corrected chi connectivity index (χ1v) is 7.06. The second kappa shape index (κ2) is 7.04. The number of nitrogens with zero attached hydrogens (tertiary/aromatic N) is 2. The summed E-state index contributed by atoms with van der Waals surface area (Å²) < 4.78 is 42.0. The molecule has 0 aliphatic carbocycles. The number of hydrogen-bond acceptors (Lipinski definition) is 4. The molecule has 0 fully saturated rings. The van der Waals surface area contributed by atoms with E-state index in [1.807, 2.05) is 6.07 Å². The molecule has 1 aromatic heterocycles. The number of carbonyl (C=O) groups excluding carboxylic acids is 1. The number of alkyl halides is 2. The van der Waals surface area contributed by atoms with E-state index in [0.29, 0.717) is 11.3 Å². The summed E-state index contributed by atoms with van der Waals surface area (Å²) in [5.74, 6) is -2.27. The summed E-state index contributed by atoms with van der Waals surface area (Å²) in [5, 5.41) is 12.5. The van der Waals surface area contributed by atoms with Crippen LogP contribution in [0, 0.1) is 5.82 Å². The maximum Gasteiger partial charge on any atom is 0.387 e. The van der Waals surface area contributed by atoms with Gasteiger partial charge in [-0.25, -0.2) is 4.39 Å². The Bertz CT molecular complexity index is 884. The van der Waals surface area contributed by atoms with E-state index in [-0.39, 0.29) is 11.4 Å². The lowest BCUT2D eigenvalue weighted by Crippen LogP contribution is -2.14. The second-order valence-corrected chi connectivity index (χ2v) is 4.86. The zero-order valence-electron chi connectivity index (χ0n) is 12.5. The molecule has 128 valence electrons. The van der Waals surface area contributed by atoms with Crippen molar-refractivity contribution in [1.29, 1.82) is 0 Å². The maximum absolute atomic E-state index is 13.7. The van der Waals surface area contributed by atoms with E-state index in [4.69, 9.17) is 0 Å². The van der Waals surface area contributed by atoms with Crippen molar-refractivity contribution in [2.24, 2.45) is 0 Å². The highest BCUT2D eigenvalue weighted by Crippen LogP contribution is 2.24. The van der Waals surface area contributed by atoms with Crippen molar-refractivity contribution in [2.75, 3.05) is 5.32 Å². The Balaban J connectivity index is 1.80. The van der Waals surface area contributed by atoms with Gasteiger partial charge in [0.2, 0.25) is 0 Å². The lowest BCUT2D eigenvalue weighted by Gasteiger charge is -2.08. The summed E-state index contributed by atoms with van der Waals surface area (Å²) in [4.78, 5) is 12.3. The van der Waals surface area contributed by atoms with Crippen LogP contribution in [0.5, 0.6) is 5.75 Å². The largest absolute Gasteiger partial charge is 0.432 e. The van der Waals surface area contributed by atoms with Crippen molar-refractivity contribution in [2.45, 2.75) is 6.61 Å². The predicted octanol–water partition coefficient (Wildman–Crippen LogP) is 3.46. The number of benzene rings is 2. The molecule has 0 aliphatic rings. The Labute approximate surface area is 139 Å². The molecule has 6 nitrogen and oxygen atoms in total. The Morgan fingerprint density at radius 1 is 1.12 bits per heavy atom. The molecule has 9 heteroatoms. The fourth-order valence-electron chi connectivity index (χ4n) is 2.15. The molecule has 0 saturated carbocycles. The van der Waals surface area contributed by atoms with Gasteiger partial charge in [-0.1, -0.05) is 30.3 Å². The molecule has 3 rings (SSSR count). The van der Waals surface area contributed by atoms with Crippen molar-refractivity contribution in [3.63, 3.8) is 0 Å². The predicted molar refractivity (Wildman–Crippen MR) is 82.8 cm³/mol. The summed E-state index contributed by atoms with van der Waals surface area (Å²) in [6.45, 7) is -3.14. The van der Waals surface area contributed by atoms with Crippen LogP contribution in [0.15, 0.2) is 48.5 Å². The number of aromatic nitrogens is 3. The van der Waals surface area contributed by atoms with Gasteiger partial charge in [-0.2, -0.15) is 24.2 Å². The van der Waals surface area contributed by atoms with Crippen molar-refractivity contribution < 1.29 is 22.7 Å². The molecular formula is C16H11F3N4O2. The van der Waals surface area contributed by atoms with Crippen LogP contribution in [-0.4, -0.2) is 27.9 Å². The molecule has 1 heterocycles. The summed E-state index contributed by atoms with van der Waals surface area (Å²) in [5.41, 5.74) is 1.08. The van der Waals surface area contributed by atoms with Gasteiger partial charge in [-0.05, 0) is 12.1 Å². The van der Waals surface area contributed by atoms with Gasteiger partial charge in [-0.3, -0.25) is 4.79 Å². The highest BCUT2D eigenvalue weighted by atomic mass is 19.3. The van der Waals surface area contributed by atoms with Gasteiger partial charge < -0.3 is 10.1 Å². The van der Waals surface area contributed by atoms with Crippen LogP contribution in [-0.2, 0) is 0 Å². The number of anilines is 1. The number of ether oxygens (including phenoxy) is 1. The van der Waals surface area contributed by atoms with Crippen LogP contribution in [0.2, 0.25) is 0 Å². The molecule has 0 bridgehead atoms. The monoisotopic (exact) mass is 348 g/mol. The standard InChI is InChI=1S/C16H11F3N4O2/c17-11-8-10(6-7-12(11)25-16(18)19)20-15(24)14-13(21-23-22-14)9-4-2-1-3-5-9/h1-8,16H,(H,20,24)(H,21,22,23). The zero-order chi connectivity index (χ0) is 17.8. The minimum Gasteiger partial charge on any atom is -0.432 e. The molecule has 0 unspecified atom stereocenters. The Kier molecular flexibility index (Phi) is 4.64. The number of H-pyrrole nitrogens is 1. The minimum atomic E-state index is -3.14. The van der Waals surface area contributed by atoms with Gasteiger partial charge in [0.1, 0.15) is 5.69 Å². The first kappa shape index (κ1) is 16.5. The molecule has 2 aromatic carbocycles. The summed E-state index contributed by atoms with van der Waals surface area (Å²) in [6.07, 6.45) is 0. The van der Waals surface area contributed by atoms with Crippen molar-refractivity contribution in [3.05, 3.63) is 60.0 Å². The molecule has 0 aliphatic heterocycles. The van der Waals surface area contributed by atoms with Crippen LogP contribution in [0.3, 0.4) is 0 Å². The van der Waals surface area contributed by atoms with E-state index < -0.39 is 24.1 Å². The number of aromatic amines is 1. The van der Waals surface area contributed by atoms with Gasteiger partial charge in [0.05, 0.1) is 0 Å². The fourth-order valence-corrected chi connectivity index (χ4v) is 2.15. The Morgan fingerprint density at radius 2 is 1.88 bits per heavy atom. The van der Waals surface area contributed by atoms with Gasteiger partial charge in [-0.15, -0.1) is 0 Å². The normalized spacial score (nSPS) is 10.7.